The molecule has 13 heavy (non-hydrogen) atoms. The minimum Gasteiger partial charge on any atom is -0.388 e. The molecule has 2 rings (SSSR count). The van der Waals surface area contributed by atoms with Gasteiger partial charge in [0.05, 0.1) is 11.9 Å². The first kappa shape index (κ1) is 9.04. The molecule has 2 nitrogen and oxygen atoms in total. The molecule has 2 aliphatic carbocycles. The Morgan fingerprint density at radius 3 is 2.62 bits per heavy atom. The number of hydrogen-bond acceptors (Lipinski definition) is 1. The lowest BCUT2D eigenvalue weighted by Crippen LogP contribution is -2.24. The first-order valence-corrected chi connectivity index (χ1v) is 5.46. The highest BCUT2D eigenvalue weighted by molar-refractivity contribution is 5.77. The minimum absolute atomic E-state index is 0.459. The Morgan fingerprint density at radius 2 is 2.15 bits per heavy atom. The van der Waals surface area contributed by atoms with E-state index in [1.54, 1.807) is 0 Å². The van der Waals surface area contributed by atoms with Crippen LogP contribution in [0.5, 0.6) is 0 Å². The van der Waals surface area contributed by atoms with Gasteiger partial charge in [0.1, 0.15) is 0 Å². The SMILES string of the molecule is CC(N)=NC(C)C1CC2CCC1C2. The zero-order valence-electron chi connectivity index (χ0n) is 8.66. The summed E-state index contributed by atoms with van der Waals surface area (Å²) in [6.45, 7) is 4.12. The molecular formula is C11H20N2. The molecular weight excluding hydrogens is 160 g/mol. The summed E-state index contributed by atoms with van der Waals surface area (Å²) in [4.78, 5) is 4.47. The van der Waals surface area contributed by atoms with Crippen LogP contribution in [0.25, 0.3) is 0 Å². The standard InChI is InChI=1S/C11H20N2/c1-7(13-8(2)12)11-6-9-3-4-10(11)5-9/h7,9-11H,3-6H2,1-2H3,(H2,12,13). The van der Waals surface area contributed by atoms with E-state index >= 15 is 0 Å². The van der Waals surface area contributed by atoms with Crippen molar-refractivity contribution in [3.63, 3.8) is 0 Å². The van der Waals surface area contributed by atoms with E-state index in [9.17, 15) is 0 Å². The number of amidine groups is 1. The Kier molecular flexibility index (Phi) is 2.31. The van der Waals surface area contributed by atoms with Crippen molar-refractivity contribution in [1.82, 2.24) is 0 Å². The molecule has 0 heterocycles. The van der Waals surface area contributed by atoms with E-state index in [4.69, 9.17) is 5.73 Å². The average molecular weight is 180 g/mol. The van der Waals surface area contributed by atoms with Crippen molar-refractivity contribution in [3.8, 4) is 0 Å². The van der Waals surface area contributed by atoms with E-state index in [0.29, 0.717) is 6.04 Å². The molecule has 2 saturated carbocycles. The molecule has 0 aromatic heterocycles. The van der Waals surface area contributed by atoms with Crippen LogP contribution in [0.2, 0.25) is 0 Å². The molecule has 2 N–H and O–H groups in total. The average Bonchev–Trinajstić information content (AvgIpc) is 2.62. The summed E-state index contributed by atoms with van der Waals surface area (Å²) in [5.74, 6) is 3.56. The maximum Gasteiger partial charge on any atom is 0.0909 e. The predicted molar refractivity (Wildman–Crippen MR) is 55.7 cm³/mol. The van der Waals surface area contributed by atoms with Crippen molar-refractivity contribution in [1.29, 1.82) is 0 Å². The summed E-state index contributed by atoms with van der Waals surface area (Å²) in [7, 11) is 0. The van der Waals surface area contributed by atoms with Crippen LogP contribution in [0, 0.1) is 17.8 Å². The quantitative estimate of drug-likeness (QED) is 0.513. The Labute approximate surface area is 80.6 Å². The van der Waals surface area contributed by atoms with Gasteiger partial charge >= 0.3 is 0 Å². The van der Waals surface area contributed by atoms with Gasteiger partial charge in [0, 0.05) is 0 Å². The van der Waals surface area contributed by atoms with Crippen LogP contribution in [-0.4, -0.2) is 11.9 Å². The fraction of sp³-hybridized carbons (Fsp3) is 0.909. The number of nitrogens with zero attached hydrogens (tertiary/aromatic N) is 1. The van der Waals surface area contributed by atoms with E-state index in [1.165, 1.54) is 25.7 Å². The molecule has 0 amide bonds. The Morgan fingerprint density at radius 1 is 1.38 bits per heavy atom. The summed E-state index contributed by atoms with van der Waals surface area (Å²) in [5.41, 5.74) is 5.61. The summed E-state index contributed by atoms with van der Waals surface area (Å²) >= 11 is 0. The lowest BCUT2D eigenvalue weighted by molar-refractivity contribution is 0.294. The Hall–Kier alpha value is -0.530. The second-order valence-corrected chi connectivity index (χ2v) is 4.85. The third-order valence-electron chi connectivity index (χ3n) is 3.82. The second kappa shape index (κ2) is 3.32. The van der Waals surface area contributed by atoms with Crippen LogP contribution in [0.4, 0.5) is 0 Å². The number of aliphatic imine (C=N–C) groups is 1. The van der Waals surface area contributed by atoms with Crippen LogP contribution in [-0.2, 0) is 0 Å². The molecule has 2 aliphatic rings. The molecule has 2 fully saturated rings. The van der Waals surface area contributed by atoms with Gasteiger partial charge in [0.15, 0.2) is 0 Å². The van der Waals surface area contributed by atoms with Gasteiger partial charge in [0.2, 0.25) is 0 Å². The molecule has 2 bridgehead atoms. The molecule has 0 aromatic carbocycles. The van der Waals surface area contributed by atoms with Gasteiger partial charge in [-0.05, 0) is 50.9 Å². The number of hydrogen-bond donors (Lipinski definition) is 1. The minimum atomic E-state index is 0.459. The number of fused-ring (bicyclic) bond motifs is 2. The zero-order chi connectivity index (χ0) is 9.42. The van der Waals surface area contributed by atoms with Gasteiger partial charge in [-0.2, -0.15) is 0 Å². The maximum absolute atomic E-state index is 5.61. The summed E-state index contributed by atoms with van der Waals surface area (Å²) in [6, 6.07) is 0.459. The van der Waals surface area contributed by atoms with Crippen LogP contribution >= 0.6 is 0 Å². The van der Waals surface area contributed by atoms with Crippen LogP contribution < -0.4 is 5.73 Å². The topological polar surface area (TPSA) is 38.4 Å². The lowest BCUT2D eigenvalue weighted by Gasteiger charge is -2.25. The van der Waals surface area contributed by atoms with Crippen molar-refractivity contribution in [2.45, 2.75) is 45.6 Å². The highest BCUT2D eigenvalue weighted by Crippen LogP contribution is 2.49. The van der Waals surface area contributed by atoms with Gasteiger partial charge in [-0.25, -0.2) is 0 Å². The molecule has 0 spiro atoms. The third-order valence-corrected chi connectivity index (χ3v) is 3.82. The highest BCUT2D eigenvalue weighted by Gasteiger charge is 2.41. The Balaban J connectivity index is 1.98. The zero-order valence-corrected chi connectivity index (χ0v) is 8.66. The molecule has 74 valence electrons. The van der Waals surface area contributed by atoms with Gasteiger partial charge in [-0.1, -0.05) is 6.42 Å². The van der Waals surface area contributed by atoms with Crippen molar-refractivity contribution in [3.05, 3.63) is 0 Å². The normalized spacial score (nSPS) is 41.1. The summed E-state index contributed by atoms with van der Waals surface area (Å²) in [5, 5.41) is 0. The van der Waals surface area contributed by atoms with Crippen molar-refractivity contribution in [2.75, 3.05) is 0 Å². The lowest BCUT2D eigenvalue weighted by atomic mass is 9.84. The predicted octanol–water partition coefficient (Wildman–Crippen LogP) is 2.19. The number of nitrogens with two attached hydrogens (primary N) is 1. The molecule has 0 aliphatic heterocycles. The van der Waals surface area contributed by atoms with Crippen LogP contribution in [0.15, 0.2) is 4.99 Å². The molecule has 0 aromatic rings. The van der Waals surface area contributed by atoms with Gasteiger partial charge in [-0.15, -0.1) is 0 Å². The largest absolute Gasteiger partial charge is 0.388 e. The van der Waals surface area contributed by atoms with Gasteiger partial charge in [-0.3, -0.25) is 4.99 Å². The van der Waals surface area contributed by atoms with E-state index in [1.807, 2.05) is 6.92 Å². The van der Waals surface area contributed by atoms with Gasteiger partial charge in [0.25, 0.3) is 0 Å². The first-order chi connectivity index (χ1) is 6.16. The Bertz CT molecular complexity index is 218. The van der Waals surface area contributed by atoms with E-state index in [0.717, 1.165) is 23.6 Å². The monoisotopic (exact) mass is 180 g/mol. The summed E-state index contributed by atoms with van der Waals surface area (Å²) in [6.07, 6.45) is 5.79. The smallest absolute Gasteiger partial charge is 0.0909 e. The fourth-order valence-electron chi connectivity index (χ4n) is 3.30. The molecule has 0 radical (unpaired) electrons. The number of rotatable bonds is 2. The van der Waals surface area contributed by atoms with Crippen LogP contribution in [0.3, 0.4) is 0 Å². The van der Waals surface area contributed by atoms with Gasteiger partial charge < -0.3 is 5.73 Å². The van der Waals surface area contributed by atoms with Crippen molar-refractivity contribution in [2.24, 2.45) is 28.5 Å². The molecule has 0 saturated heterocycles. The summed E-state index contributed by atoms with van der Waals surface area (Å²) < 4.78 is 0. The first-order valence-electron chi connectivity index (χ1n) is 5.46. The van der Waals surface area contributed by atoms with E-state index in [-0.39, 0.29) is 0 Å². The van der Waals surface area contributed by atoms with Crippen molar-refractivity contribution >= 4 is 5.84 Å². The van der Waals surface area contributed by atoms with E-state index in [2.05, 4.69) is 11.9 Å². The van der Waals surface area contributed by atoms with Crippen LogP contribution in [0.1, 0.15) is 39.5 Å². The second-order valence-electron chi connectivity index (χ2n) is 4.85. The maximum atomic E-state index is 5.61. The molecule has 4 unspecified atom stereocenters. The molecule has 2 heteroatoms. The highest BCUT2D eigenvalue weighted by atomic mass is 14.9. The van der Waals surface area contributed by atoms with E-state index < -0.39 is 0 Å². The fourth-order valence-corrected chi connectivity index (χ4v) is 3.30. The molecule has 4 atom stereocenters. The third kappa shape index (κ3) is 1.72. The van der Waals surface area contributed by atoms with Crippen molar-refractivity contribution < 1.29 is 0 Å².